The average molecular weight is 253 g/mol. The van der Waals surface area contributed by atoms with E-state index in [9.17, 15) is 4.79 Å². The molecule has 0 aromatic carbocycles. The Bertz CT molecular complexity index is 382. The molecule has 0 spiro atoms. The minimum absolute atomic E-state index is 0.0346. The summed E-state index contributed by atoms with van der Waals surface area (Å²) in [6.45, 7) is 6.17. The molecule has 1 atom stereocenters. The molecule has 5 heteroatoms. The number of rotatable bonds is 5. The third-order valence-corrected chi connectivity index (χ3v) is 3.65. The zero-order chi connectivity index (χ0) is 12.8. The monoisotopic (exact) mass is 253 g/mol. The van der Waals surface area contributed by atoms with Crippen LogP contribution in [0, 0.1) is 5.92 Å². The molecule has 17 heavy (non-hydrogen) atoms. The second-order valence-corrected chi connectivity index (χ2v) is 5.32. The van der Waals surface area contributed by atoms with Gasteiger partial charge in [-0.2, -0.15) is 0 Å². The number of hydrogen-bond acceptors (Lipinski definition) is 4. The Labute approximate surface area is 106 Å². The van der Waals surface area contributed by atoms with Crippen LogP contribution in [-0.4, -0.2) is 22.7 Å². The third kappa shape index (κ3) is 4.65. The van der Waals surface area contributed by atoms with Crippen LogP contribution >= 0.6 is 11.8 Å². The van der Waals surface area contributed by atoms with Crippen molar-refractivity contribution in [2.45, 2.75) is 31.7 Å². The third-order valence-electron chi connectivity index (χ3n) is 2.56. The van der Waals surface area contributed by atoms with Crippen molar-refractivity contribution in [2.75, 3.05) is 11.5 Å². The summed E-state index contributed by atoms with van der Waals surface area (Å²) in [6.07, 6.45) is 3.27. The smallest absolute Gasteiger partial charge is 0.230 e. The van der Waals surface area contributed by atoms with E-state index in [1.807, 2.05) is 13.0 Å². The van der Waals surface area contributed by atoms with Gasteiger partial charge in [0.2, 0.25) is 5.91 Å². The normalized spacial score (nSPS) is 12.5. The molecule has 1 rings (SSSR count). The fourth-order valence-corrected chi connectivity index (χ4v) is 1.88. The molecule has 1 aromatic heterocycles. The van der Waals surface area contributed by atoms with Crippen LogP contribution < -0.4 is 11.1 Å². The van der Waals surface area contributed by atoms with E-state index >= 15 is 0 Å². The van der Waals surface area contributed by atoms with Crippen molar-refractivity contribution in [1.29, 1.82) is 0 Å². The molecule has 0 saturated carbocycles. The number of nitrogens with zero attached hydrogens (tertiary/aromatic N) is 1. The van der Waals surface area contributed by atoms with Gasteiger partial charge in [-0.1, -0.05) is 13.8 Å². The molecule has 1 amide bonds. The van der Waals surface area contributed by atoms with Crippen LogP contribution in [0.5, 0.6) is 0 Å². The molecule has 1 aromatic rings. The van der Waals surface area contributed by atoms with Crippen molar-refractivity contribution in [3.63, 3.8) is 0 Å². The first-order chi connectivity index (χ1) is 8.00. The van der Waals surface area contributed by atoms with Crippen LogP contribution in [0.3, 0.4) is 0 Å². The molecule has 4 nitrogen and oxygen atoms in total. The molecular formula is C12H19N3OS. The molecule has 1 unspecified atom stereocenters. The van der Waals surface area contributed by atoms with Gasteiger partial charge in [-0.3, -0.25) is 9.78 Å². The zero-order valence-corrected chi connectivity index (χ0v) is 11.3. The molecule has 0 aliphatic rings. The average Bonchev–Trinajstić information content (AvgIpc) is 2.27. The maximum atomic E-state index is 11.7. The largest absolute Gasteiger partial charge is 0.397 e. The lowest BCUT2D eigenvalue weighted by Gasteiger charge is -2.17. The highest BCUT2D eigenvalue weighted by Gasteiger charge is 2.11. The van der Waals surface area contributed by atoms with E-state index in [1.165, 1.54) is 11.8 Å². The molecule has 0 radical (unpaired) electrons. The van der Waals surface area contributed by atoms with Gasteiger partial charge < -0.3 is 11.1 Å². The second kappa shape index (κ2) is 6.49. The summed E-state index contributed by atoms with van der Waals surface area (Å²) >= 11 is 1.43. The Morgan fingerprint density at radius 2 is 2.24 bits per heavy atom. The lowest BCUT2D eigenvalue weighted by molar-refractivity contribution is -0.119. The van der Waals surface area contributed by atoms with Crippen LogP contribution in [0.1, 0.15) is 20.8 Å². The van der Waals surface area contributed by atoms with Gasteiger partial charge in [0.15, 0.2) is 0 Å². The van der Waals surface area contributed by atoms with Crippen LogP contribution in [0.25, 0.3) is 0 Å². The molecular weight excluding hydrogens is 234 g/mol. The summed E-state index contributed by atoms with van der Waals surface area (Å²) in [7, 11) is 0. The maximum absolute atomic E-state index is 11.7. The van der Waals surface area contributed by atoms with E-state index in [-0.39, 0.29) is 11.9 Å². The number of carbonyl (C=O) groups is 1. The van der Waals surface area contributed by atoms with Gasteiger partial charge in [0.05, 0.1) is 17.6 Å². The first kappa shape index (κ1) is 13.8. The Morgan fingerprint density at radius 1 is 1.53 bits per heavy atom. The molecule has 1 heterocycles. The maximum Gasteiger partial charge on any atom is 0.230 e. The van der Waals surface area contributed by atoms with Crippen molar-refractivity contribution in [3.05, 3.63) is 18.5 Å². The Hall–Kier alpha value is -1.23. The first-order valence-corrected chi connectivity index (χ1v) is 6.61. The van der Waals surface area contributed by atoms with Gasteiger partial charge in [-0.05, 0) is 18.9 Å². The molecule has 0 saturated heterocycles. The number of anilines is 1. The van der Waals surface area contributed by atoms with Crippen molar-refractivity contribution in [1.82, 2.24) is 10.3 Å². The highest BCUT2D eigenvalue weighted by molar-refractivity contribution is 8.00. The SMILES string of the molecule is CC(C)C(C)NC(=O)CSc1ccncc1N. The van der Waals surface area contributed by atoms with Gasteiger partial charge >= 0.3 is 0 Å². The van der Waals surface area contributed by atoms with E-state index in [4.69, 9.17) is 5.73 Å². The number of carbonyl (C=O) groups excluding carboxylic acids is 1. The summed E-state index contributed by atoms with van der Waals surface area (Å²) in [6, 6.07) is 2.01. The molecule has 3 N–H and O–H groups in total. The number of aromatic nitrogens is 1. The fourth-order valence-electron chi connectivity index (χ4n) is 1.13. The van der Waals surface area contributed by atoms with E-state index in [2.05, 4.69) is 24.1 Å². The lowest BCUT2D eigenvalue weighted by Crippen LogP contribution is -2.37. The van der Waals surface area contributed by atoms with Crippen LogP contribution in [0.2, 0.25) is 0 Å². The van der Waals surface area contributed by atoms with Gasteiger partial charge in [0.1, 0.15) is 0 Å². The molecule has 0 bridgehead atoms. The standard InChI is InChI=1S/C12H19N3OS/c1-8(2)9(3)15-12(16)7-17-11-4-5-14-6-10(11)13/h4-6,8-9H,7,13H2,1-3H3,(H,15,16). The van der Waals surface area contributed by atoms with E-state index in [0.717, 1.165) is 4.90 Å². The Balaban J connectivity index is 2.41. The van der Waals surface area contributed by atoms with Crippen LogP contribution in [-0.2, 0) is 4.79 Å². The van der Waals surface area contributed by atoms with E-state index in [1.54, 1.807) is 12.4 Å². The molecule has 94 valence electrons. The predicted octanol–water partition coefficient (Wildman–Crippen LogP) is 1.92. The number of thioether (sulfide) groups is 1. The van der Waals surface area contributed by atoms with Crippen molar-refractivity contribution < 1.29 is 4.79 Å². The summed E-state index contributed by atoms with van der Waals surface area (Å²) in [4.78, 5) is 16.5. The number of amides is 1. The van der Waals surface area contributed by atoms with Crippen LogP contribution in [0.15, 0.2) is 23.4 Å². The predicted molar refractivity (Wildman–Crippen MR) is 71.8 cm³/mol. The number of hydrogen-bond donors (Lipinski definition) is 2. The highest BCUT2D eigenvalue weighted by atomic mass is 32.2. The quantitative estimate of drug-likeness (QED) is 0.787. The van der Waals surface area contributed by atoms with Gasteiger partial charge in [0.25, 0.3) is 0 Å². The summed E-state index contributed by atoms with van der Waals surface area (Å²) < 4.78 is 0. The molecule has 0 fully saturated rings. The van der Waals surface area contributed by atoms with Crippen molar-refractivity contribution in [3.8, 4) is 0 Å². The minimum atomic E-state index is 0.0346. The van der Waals surface area contributed by atoms with E-state index < -0.39 is 0 Å². The van der Waals surface area contributed by atoms with E-state index in [0.29, 0.717) is 17.4 Å². The molecule has 0 aliphatic carbocycles. The molecule has 0 aliphatic heterocycles. The minimum Gasteiger partial charge on any atom is -0.397 e. The topological polar surface area (TPSA) is 68.0 Å². The summed E-state index contributed by atoms with van der Waals surface area (Å²) in [5.74, 6) is 0.855. The summed E-state index contributed by atoms with van der Waals surface area (Å²) in [5, 5.41) is 2.95. The Kier molecular flexibility index (Phi) is 5.28. The Morgan fingerprint density at radius 3 is 2.82 bits per heavy atom. The van der Waals surface area contributed by atoms with Gasteiger partial charge in [-0.25, -0.2) is 0 Å². The second-order valence-electron chi connectivity index (χ2n) is 4.30. The lowest BCUT2D eigenvalue weighted by atomic mass is 10.1. The van der Waals surface area contributed by atoms with Crippen molar-refractivity contribution in [2.24, 2.45) is 5.92 Å². The first-order valence-electron chi connectivity index (χ1n) is 5.62. The number of nitrogens with two attached hydrogens (primary N) is 1. The fraction of sp³-hybridized carbons (Fsp3) is 0.500. The van der Waals surface area contributed by atoms with Gasteiger partial charge in [-0.15, -0.1) is 11.8 Å². The van der Waals surface area contributed by atoms with Crippen molar-refractivity contribution >= 4 is 23.4 Å². The number of nitrogens with one attached hydrogen (secondary N) is 1. The summed E-state index contributed by atoms with van der Waals surface area (Å²) in [5.41, 5.74) is 6.35. The van der Waals surface area contributed by atoms with Crippen LogP contribution in [0.4, 0.5) is 5.69 Å². The zero-order valence-electron chi connectivity index (χ0n) is 10.4. The number of pyridine rings is 1. The van der Waals surface area contributed by atoms with Gasteiger partial charge in [0, 0.05) is 17.1 Å². The number of nitrogen functional groups attached to an aromatic ring is 1. The highest BCUT2D eigenvalue weighted by Crippen LogP contribution is 2.23.